The van der Waals surface area contributed by atoms with Crippen molar-refractivity contribution in [3.63, 3.8) is 0 Å². The highest BCUT2D eigenvalue weighted by atomic mass is 32.1. The Hall–Kier alpha value is -0.390. The largest absolute Gasteiger partial charge is 0.382 e. The summed E-state index contributed by atoms with van der Waals surface area (Å²) >= 11 is 5.41. The lowest BCUT2D eigenvalue weighted by Crippen LogP contribution is -2.59. The van der Waals surface area contributed by atoms with Gasteiger partial charge in [0.15, 0.2) is 5.11 Å². The van der Waals surface area contributed by atoms with Crippen LogP contribution in [-0.4, -0.2) is 54.0 Å². The van der Waals surface area contributed by atoms with Crippen molar-refractivity contribution in [1.82, 2.24) is 15.1 Å². The van der Waals surface area contributed by atoms with Crippen LogP contribution in [0.1, 0.15) is 45.4 Å². The van der Waals surface area contributed by atoms with Crippen LogP contribution in [-0.2, 0) is 4.74 Å². The molecule has 4 nitrogen and oxygen atoms in total. The third-order valence-electron chi connectivity index (χ3n) is 4.08. The summed E-state index contributed by atoms with van der Waals surface area (Å²) in [5.74, 6) is 0. The van der Waals surface area contributed by atoms with Gasteiger partial charge in [-0.2, -0.15) is 0 Å². The fourth-order valence-electron chi connectivity index (χ4n) is 2.98. The van der Waals surface area contributed by atoms with Crippen molar-refractivity contribution in [2.75, 3.05) is 33.1 Å². The molecular formula is C14H27N3OS. The first-order chi connectivity index (χ1) is 9.31. The average Bonchev–Trinajstić information content (AvgIpc) is 2.46. The van der Waals surface area contributed by atoms with E-state index in [4.69, 9.17) is 17.0 Å². The van der Waals surface area contributed by atoms with Gasteiger partial charge in [-0.3, -0.25) is 4.90 Å². The Balaban J connectivity index is 1.76. The SMILES string of the molecule is CCOCCCN1CN(C2CCCCC2)CNC1=S. The molecule has 0 aromatic heterocycles. The van der Waals surface area contributed by atoms with Gasteiger partial charge in [0.1, 0.15) is 0 Å². The van der Waals surface area contributed by atoms with Gasteiger partial charge < -0.3 is 15.0 Å². The lowest BCUT2D eigenvalue weighted by atomic mass is 9.94. The van der Waals surface area contributed by atoms with Crippen LogP contribution in [0.15, 0.2) is 0 Å². The van der Waals surface area contributed by atoms with E-state index >= 15 is 0 Å². The normalized spacial score (nSPS) is 22.6. The van der Waals surface area contributed by atoms with Crippen LogP contribution in [0.5, 0.6) is 0 Å². The number of nitrogens with zero attached hydrogens (tertiary/aromatic N) is 2. The van der Waals surface area contributed by atoms with E-state index in [0.717, 1.165) is 50.7 Å². The molecule has 0 amide bonds. The summed E-state index contributed by atoms with van der Waals surface area (Å²) in [4.78, 5) is 4.84. The van der Waals surface area contributed by atoms with Gasteiger partial charge in [-0.15, -0.1) is 0 Å². The Kier molecular flexibility index (Phi) is 6.34. The summed E-state index contributed by atoms with van der Waals surface area (Å²) in [6.07, 6.45) is 7.93. The molecule has 0 aromatic carbocycles. The number of hydrogen-bond acceptors (Lipinski definition) is 3. The Labute approximate surface area is 122 Å². The van der Waals surface area contributed by atoms with Crippen molar-refractivity contribution in [2.45, 2.75) is 51.5 Å². The zero-order valence-electron chi connectivity index (χ0n) is 12.1. The molecule has 2 aliphatic rings. The van der Waals surface area contributed by atoms with Crippen LogP contribution in [0.3, 0.4) is 0 Å². The number of rotatable bonds is 6. The molecule has 1 aliphatic heterocycles. The molecule has 0 unspecified atom stereocenters. The van der Waals surface area contributed by atoms with E-state index < -0.39 is 0 Å². The summed E-state index contributed by atoms with van der Waals surface area (Å²) in [7, 11) is 0. The molecule has 1 saturated heterocycles. The first-order valence-electron chi connectivity index (χ1n) is 7.66. The Morgan fingerprint density at radius 2 is 2.11 bits per heavy atom. The van der Waals surface area contributed by atoms with Gasteiger partial charge >= 0.3 is 0 Å². The second-order valence-corrected chi connectivity index (χ2v) is 5.86. The number of thiocarbonyl (C=S) groups is 1. The molecule has 5 heteroatoms. The minimum Gasteiger partial charge on any atom is -0.382 e. The van der Waals surface area contributed by atoms with Gasteiger partial charge in [0.05, 0.1) is 13.3 Å². The lowest BCUT2D eigenvalue weighted by Gasteiger charge is -2.43. The maximum absolute atomic E-state index is 5.41. The molecule has 0 aromatic rings. The number of nitrogens with one attached hydrogen (secondary N) is 1. The number of ether oxygens (including phenoxy) is 1. The lowest BCUT2D eigenvalue weighted by molar-refractivity contribution is 0.0758. The van der Waals surface area contributed by atoms with Crippen LogP contribution in [0.25, 0.3) is 0 Å². The molecule has 110 valence electrons. The van der Waals surface area contributed by atoms with E-state index in [1.54, 1.807) is 0 Å². The second-order valence-electron chi connectivity index (χ2n) is 5.48. The third kappa shape index (κ3) is 4.58. The van der Waals surface area contributed by atoms with Gasteiger partial charge in [-0.25, -0.2) is 0 Å². The molecule has 1 N–H and O–H groups in total. The van der Waals surface area contributed by atoms with Crippen LogP contribution in [0.4, 0.5) is 0 Å². The van der Waals surface area contributed by atoms with Gasteiger partial charge in [0.2, 0.25) is 0 Å². The highest BCUT2D eigenvalue weighted by Gasteiger charge is 2.27. The molecule has 0 atom stereocenters. The van der Waals surface area contributed by atoms with Crippen LogP contribution < -0.4 is 5.32 Å². The first kappa shape index (κ1) is 15.0. The van der Waals surface area contributed by atoms with Crippen LogP contribution >= 0.6 is 12.2 Å². The minimum absolute atomic E-state index is 0.749. The van der Waals surface area contributed by atoms with Crippen molar-refractivity contribution in [2.24, 2.45) is 0 Å². The molecule has 0 bridgehead atoms. The number of hydrogen-bond donors (Lipinski definition) is 1. The summed E-state index contributed by atoms with van der Waals surface area (Å²) in [6.45, 7) is 6.58. The fraction of sp³-hybridized carbons (Fsp3) is 0.929. The molecule has 1 saturated carbocycles. The van der Waals surface area contributed by atoms with E-state index in [-0.39, 0.29) is 0 Å². The Bertz CT molecular complexity index is 282. The summed E-state index contributed by atoms with van der Waals surface area (Å²) in [5, 5.41) is 4.27. The molecule has 1 aliphatic carbocycles. The van der Waals surface area contributed by atoms with Crippen molar-refractivity contribution in [3.8, 4) is 0 Å². The highest BCUT2D eigenvalue weighted by Crippen LogP contribution is 2.23. The van der Waals surface area contributed by atoms with E-state index in [0.29, 0.717) is 0 Å². The molecule has 2 fully saturated rings. The zero-order valence-corrected chi connectivity index (χ0v) is 12.9. The fourth-order valence-corrected chi connectivity index (χ4v) is 3.19. The quantitative estimate of drug-likeness (QED) is 0.596. The van der Waals surface area contributed by atoms with Crippen LogP contribution in [0, 0.1) is 0 Å². The van der Waals surface area contributed by atoms with Gasteiger partial charge in [-0.05, 0) is 38.4 Å². The third-order valence-corrected chi connectivity index (χ3v) is 4.49. The van der Waals surface area contributed by atoms with Crippen molar-refractivity contribution in [1.29, 1.82) is 0 Å². The van der Waals surface area contributed by atoms with E-state index in [9.17, 15) is 0 Å². The average molecular weight is 285 g/mol. The Morgan fingerprint density at radius 1 is 1.32 bits per heavy atom. The summed E-state index contributed by atoms with van der Waals surface area (Å²) < 4.78 is 5.40. The standard InChI is InChI=1S/C14H27N3OS/c1-2-18-10-6-9-16-12-17(11-15-14(16)19)13-7-4-3-5-8-13/h13H,2-12H2,1H3,(H,15,19). The Morgan fingerprint density at radius 3 is 2.84 bits per heavy atom. The van der Waals surface area contributed by atoms with E-state index in [1.165, 1.54) is 32.1 Å². The maximum atomic E-state index is 5.41. The molecule has 1 heterocycles. The molecule has 19 heavy (non-hydrogen) atoms. The smallest absolute Gasteiger partial charge is 0.170 e. The molecule has 2 rings (SSSR count). The topological polar surface area (TPSA) is 27.7 Å². The van der Waals surface area contributed by atoms with Crippen LogP contribution in [0.2, 0.25) is 0 Å². The van der Waals surface area contributed by atoms with Crippen molar-refractivity contribution >= 4 is 17.3 Å². The van der Waals surface area contributed by atoms with E-state index in [2.05, 4.69) is 15.1 Å². The molecular weight excluding hydrogens is 258 g/mol. The van der Waals surface area contributed by atoms with E-state index in [1.807, 2.05) is 6.92 Å². The predicted octanol–water partition coefficient (Wildman–Crippen LogP) is 2.15. The first-order valence-corrected chi connectivity index (χ1v) is 8.06. The maximum Gasteiger partial charge on any atom is 0.170 e. The van der Waals surface area contributed by atoms with Gasteiger partial charge in [-0.1, -0.05) is 19.3 Å². The molecule has 0 radical (unpaired) electrons. The summed E-state index contributed by atoms with van der Waals surface area (Å²) in [6, 6.07) is 0.749. The zero-order chi connectivity index (χ0) is 13.5. The highest BCUT2D eigenvalue weighted by molar-refractivity contribution is 7.80. The second kappa shape index (κ2) is 8.02. The van der Waals surface area contributed by atoms with Gasteiger partial charge in [0.25, 0.3) is 0 Å². The minimum atomic E-state index is 0.749. The van der Waals surface area contributed by atoms with Crippen molar-refractivity contribution in [3.05, 3.63) is 0 Å². The summed E-state index contributed by atoms with van der Waals surface area (Å²) in [5.41, 5.74) is 0. The monoisotopic (exact) mass is 285 g/mol. The predicted molar refractivity (Wildman–Crippen MR) is 82.0 cm³/mol. The van der Waals surface area contributed by atoms with Crippen molar-refractivity contribution < 1.29 is 4.74 Å². The van der Waals surface area contributed by atoms with Gasteiger partial charge in [0, 0.05) is 25.8 Å². The molecule has 0 spiro atoms.